The summed E-state index contributed by atoms with van der Waals surface area (Å²) in [6.45, 7) is 1.80. The van der Waals surface area contributed by atoms with Crippen LogP contribution in [-0.4, -0.2) is 0 Å². The lowest BCUT2D eigenvalue weighted by atomic mass is 10.1. The summed E-state index contributed by atoms with van der Waals surface area (Å²) in [4.78, 5) is 0. The van der Waals surface area contributed by atoms with E-state index in [4.69, 9.17) is 0 Å². The monoisotopic (exact) mass is 257 g/mol. The number of benzene rings is 1. The molecule has 0 radical (unpaired) electrons. The third-order valence-corrected chi connectivity index (χ3v) is 3.11. The van der Waals surface area contributed by atoms with Gasteiger partial charge in [0.05, 0.1) is 5.69 Å². The van der Waals surface area contributed by atoms with E-state index in [1.165, 1.54) is 11.3 Å². The second-order valence-electron chi connectivity index (χ2n) is 3.67. The lowest BCUT2D eigenvalue weighted by molar-refractivity contribution is 0.496. The van der Waals surface area contributed by atoms with Crippen LogP contribution in [0.2, 0.25) is 0 Å². The lowest BCUT2D eigenvalue weighted by Gasteiger charge is -2.15. The predicted molar refractivity (Wildman–Crippen MR) is 62.7 cm³/mol. The molecule has 5 heteroatoms. The van der Waals surface area contributed by atoms with E-state index in [-0.39, 0.29) is 11.7 Å². The first kappa shape index (κ1) is 12.0. The van der Waals surface area contributed by atoms with Crippen molar-refractivity contribution >= 4 is 17.0 Å². The summed E-state index contributed by atoms with van der Waals surface area (Å²) < 4.78 is 39.3. The molecule has 0 spiro atoms. The molecule has 0 fully saturated rings. The third-order valence-electron chi connectivity index (χ3n) is 2.41. The highest BCUT2D eigenvalue weighted by atomic mass is 32.1. The van der Waals surface area contributed by atoms with Crippen molar-refractivity contribution in [3.8, 4) is 0 Å². The number of rotatable bonds is 3. The summed E-state index contributed by atoms with van der Waals surface area (Å²) in [6, 6.07) is 3.13. The molecule has 0 aliphatic heterocycles. The number of hydrogen-bond donors (Lipinski definition) is 1. The molecule has 0 saturated carbocycles. The van der Waals surface area contributed by atoms with E-state index < -0.39 is 17.5 Å². The Labute approximate surface area is 101 Å². The number of anilines is 1. The molecular formula is C12H10F3NS. The number of halogens is 3. The molecule has 0 aliphatic carbocycles. The first-order chi connectivity index (χ1) is 8.08. The Kier molecular flexibility index (Phi) is 3.38. The normalized spacial score (nSPS) is 12.5. The Morgan fingerprint density at radius 2 is 2.00 bits per heavy atom. The van der Waals surface area contributed by atoms with Crippen LogP contribution in [0.5, 0.6) is 0 Å². The van der Waals surface area contributed by atoms with E-state index in [2.05, 4.69) is 5.32 Å². The van der Waals surface area contributed by atoms with Gasteiger partial charge in [0.2, 0.25) is 0 Å². The molecule has 1 aromatic carbocycles. The first-order valence-electron chi connectivity index (χ1n) is 5.01. The fraction of sp³-hybridized carbons (Fsp3) is 0.167. The van der Waals surface area contributed by atoms with E-state index in [1.54, 1.807) is 6.92 Å². The molecule has 17 heavy (non-hydrogen) atoms. The van der Waals surface area contributed by atoms with Crippen molar-refractivity contribution in [2.45, 2.75) is 13.0 Å². The largest absolute Gasteiger partial charge is 0.376 e. The molecule has 0 saturated heterocycles. The molecule has 1 aromatic heterocycles. The van der Waals surface area contributed by atoms with Gasteiger partial charge in [0, 0.05) is 18.2 Å². The van der Waals surface area contributed by atoms with Crippen molar-refractivity contribution in [3.05, 3.63) is 52.0 Å². The van der Waals surface area contributed by atoms with E-state index >= 15 is 0 Å². The van der Waals surface area contributed by atoms with Crippen LogP contribution < -0.4 is 5.32 Å². The summed E-state index contributed by atoms with van der Waals surface area (Å²) in [6.07, 6.45) is 0. The molecule has 1 atom stereocenters. The molecule has 0 bridgehead atoms. The molecule has 1 nitrogen and oxygen atoms in total. The van der Waals surface area contributed by atoms with Crippen LogP contribution in [0.25, 0.3) is 0 Å². The summed E-state index contributed by atoms with van der Waals surface area (Å²) >= 11 is 1.51. The van der Waals surface area contributed by atoms with Gasteiger partial charge in [-0.25, -0.2) is 13.2 Å². The van der Waals surface area contributed by atoms with Gasteiger partial charge in [-0.1, -0.05) is 0 Å². The standard InChI is InChI=1S/C12H10F3NS/c1-7(8-2-3-17-6-8)16-11-5-9(13)4-10(14)12(11)15/h2-7,16H,1H3. The van der Waals surface area contributed by atoms with Crippen molar-refractivity contribution in [1.82, 2.24) is 0 Å². The van der Waals surface area contributed by atoms with Gasteiger partial charge >= 0.3 is 0 Å². The molecule has 1 heterocycles. The van der Waals surface area contributed by atoms with Crippen LogP contribution in [0.1, 0.15) is 18.5 Å². The Morgan fingerprint density at radius 3 is 2.65 bits per heavy atom. The summed E-state index contributed by atoms with van der Waals surface area (Å²) in [5.74, 6) is -3.05. The van der Waals surface area contributed by atoms with Crippen LogP contribution in [0.15, 0.2) is 29.0 Å². The zero-order chi connectivity index (χ0) is 12.4. The molecule has 2 rings (SSSR count). The van der Waals surface area contributed by atoms with Crippen molar-refractivity contribution < 1.29 is 13.2 Å². The predicted octanol–water partition coefficient (Wildman–Crippen LogP) is 4.34. The highest BCUT2D eigenvalue weighted by Gasteiger charge is 2.14. The molecular weight excluding hydrogens is 247 g/mol. The highest BCUT2D eigenvalue weighted by Crippen LogP contribution is 2.25. The van der Waals surface area contributed by atoms with Gasteiger partial charge in [-0.05, 0) is 29.3 Å². The molecule has 0 aliphatic rings. The van der Waals surface area contributed by atoms with Crippen LogP contribution in [0.4, 0.5) is 18.9 Å². The van der Waals surface area contributed by atoms with Crippen molar-refractivity contribution in [2.75, 3.05) is 5.32 Å². The van der Waals surface area contributed by atoms with E-state index in [9.17, 15) is 13.2 Å². The maximum Gasteiger partial charge on any atom is 0.182 e. The molecule has 2 aromatic rings. The summed E-state index contributed by atoms with van der Waals surface area (Å²) in [5, 5.41) is 6.52. The maximum atomic E-state index is 13.4. The van der Waals surface area contributed by atoms with Crippen molar-refractivity contribution in [2.24, 2.45) is 0 Å². The average molecular weight is 257 g/mol. The minimum absolute atomic E-state index is 0.166. The van der Waals surface area contributed by atoms with Crippen LogP contribution in [-0.2, 0) is 0 Å². The van der Waals surface area contributed by atoms with Gasteiger partial charge in [-0.15, -0.1) is 0 Å². The summed E-state index contributed by atoms with van der Waals surface area (Å²) in [5.41, 5.74) is 0.778. The second kappa shape index (κ2) is 4.79. The zero-order valence-corrected chi connectivity index (χ0v) is 9.82. The third kappa shape index (κ3) is 2.61. The number of thiophene rings is 1. The Bertz CT molecular complexity index is 511. The molecule has 0 amide bonds. The molecule has 1 N–H and O–H groups in total. The lowest BCUT2D eigenvalue weighted by Crippen LogP contribution is -2.08. The first-order valence-corrected chi connectivity index (χ1v) is 5.95. The SMILES string of the molecule is CC(Nc1cc(F)cc(F)c1F)c1ccsc1. The minimum Gasteiger partial charge on any atom is -0.376 e. The maximum absolute atomic E-state index is 13.4. The highest BCUT2D eigenvalue weighted by molar-refractivity contribution is 7.07. The van der Waals surface area contributed by atoms with Gasteiger partial charge in [0.15, 0.2) is 11.6 Å². The van der Waals surface area contributed by atoms with Gasteiger partial charge in [0.25, 0.3) is 0 Å². The second-order valence-corrected chi connectivity index (χ2v) is 4.45. The average Bonchev–Trinajstić information content (AvgIpc) is 2.78. The van der Waals surface area contributed by atoms with E-state index in [0.717, 1.165) is 11.6 Å². The van der Waals surface area contributed by atoms with E-state index in [0.29, 0.717) is 6.07 Å². The quantitative estimate of drug-likeness (QED) is 0.806. The topological polar surface area (TPSA) is 12.0 Å². The Morgan fingerprint density at radius 1 is 1.24 bits per heavy atom. The van der Waals surface area contributed by atoms with Crippen molar-refractivity contribution in [3.63, 3.8) is 0 Å². The van der Waals surface area contributed by atoms with Crippen LogP contribution in [0, 0.1) is 17.5 Å². The van der Waals surface area contributed by atoms with Gasteiger partial charge < -0.3 is 5.32 Å². The summed E-state index contributed by atoms with van der Waals surface area (Å²) in [7, 11) is 0. The number of hydrogen-bond acceptors (Lipinski definition) is 2. The van der Waals surface area contributed by atoms with Gasteiger partial charge in [-0.3, -0.25) is 0 Å². The van der Waals surface area contributed by atoms with Gasteiger partial charge in [0.1, 0.15) is 5.82 Å². The fourth-order valence-corrected chi connectivity index (χ4v) is 2.25. The Balaban J connectivity index is 2.24. The Hall–Kier alpha value is -1.49. The van der Waals surface area contributed by atoms with Crippen molar-refractivity contribution in [1.29, 1.82) is 0 Å². The number of nitrogens with one attached hydrogen (secondary N) is 1. The van der Waals surface area contributed by atoms with Crippen LogP contribution >= 0.6 is 11.3 Å². The van der Waals surface area contributed by atoms with Crippen LogP contribution in [0.3, 0.4) is 0 Å². The minimum atomic E-state index is -1.19. The van der Waals surface area contributed by atoms with Gasteiger partial charge in [-0.2, -0.15) is 11.3 Å². The molecule has 90 valence electrons. The smallest absolute Gasteiger partial charge is 0.182 e. The zero-order valence-electron chi connectivity index (χ0n) is 9.01. The molecule has 1 unspecified atom stereocenters. The fourth-order valence-electron chi connectivity index (χ4n) is 1.50. The van der Waals surface area contributed by atoms with E-state index in [1.807, 2.05) is 16.8 Å².